The Morgan fingerprint density at radius 2 is 2.00 bits per heavy atom. The predicted octanol–water partition coefficient (Wildman–Crippen LogP) is 1.79. The van der Waals surface area contributed by atoms with Crippen LogP contribution in [0.2, 0.25) is 0 Å². The van der Waals surface area contributed by atoms with E-state index in [9.17, 15) is 10.2 Å². The van der Waals surface area contributed by atoms with E-state index in [0.29, 0.717) is 5.82 Å². The number of hydrogen-bond donors (Lipinski definition) is 2. The fraction of sp³-hybridized carbons (Fsp3) is 0.462. The maximum absolute atomic E-state index is 10.1. The summed E-state index contributed by atoms with van der Waals surface area (Å²) >= 11 is 0. The Bertz CT molecular complexity index is 543. The van der Waals surface area contributed by atoms with E-state index >= 15 is 0 Å². The highest BCUT2D eigenvalue weighted by atomic mass is 16.6. The van der Waals surface area contributed by atoms with Gasteiger partial charge in [-0.1, -0.05) is 12.1 Å². The zero-order valence-electron chi connectivity index (χ0n) is 10.8. The molecule has 18 heavy (non-hydrogen) atoms. The van der Waals surface area contributed by atoms with Gasteiger partial charge in [-0.3, -0.25) is 4.57 Å². The first-order chi connectivity index (χ1) is 8.42. The summed E-state index contributed by atoms with van der Waals surface area (Å²) in [5.74, 6) is 0.382. The maximum Gasteiger partial charge on any atom is 0.243 e. The highest BCUT2D eigenvalue weighted by Crippen LogP contribution is 2.24. The predicted molar refractivity (Wildman–Crippen MR) is 67.7 cm³/mol. The molecule has 0 saturated carbocycles. The summed E-state index contributed by atoms with van der Waals surface area (Å²) in [4.78, 5) is 4.26. The molecule has 1 atom stereocenters. The molecule has 0 saturated heterocycles. The Hall–Kier alpha value is -1.43. The van der Waals surface area contributed by atoms with Gasteiger partial charge in [-0.2, -0.15) is 0 Å². The Balaban J connectivity index is 2.48. The molecule has 2 N–H and O–H groups in total. The quantitative estimate of drug-likeness (QED) is 0.815. The third-order valence-electron chi connectivity index (χ3n) is 2.49. The molecule has 5 nitrogen and oxygen atoms in total. The summed E-state index contributed by atoms with van der Waals surface area (Å²) in [5, 5.41) is 19.5. The molecule has 2 aromatic rings. The van der Waals surface area contributed by atoms with Gasteiger partial charge in [-0.25, -0.2) is 4.98 Å². The van der Waals surface area contributed by atoms with E-state index in [0.717, 1.165) is 11.0 Å². The summed E-state index contributed by atoms with van der Waals surface area (Å²) in [6, 6.07) is 7.37. The van der Waals surface area contributed by atoms with Crippen molar-refractivity contribution in [3.8, 4) is 0 Å². The number of imidazole rings is 1. The van der Waals surface area contributed by atoms with Crippen LogP contribution in [0.15, 0.2) is 24.3 Å². The molecular weight excluding hydrogens is 232 g/mol. The molecule has 0 radical (unpaired) electrons. The van der Waals surface area contributed by atoms with Crippen molar-refractivity contribution < 1.29 is 14.9 Å². The number of para-hydroxylation sites is 2. The molecule has 5 heteroatoms. The molecule has 2 rings (SSSR count). The van der Waals surface area contributed by atoms with Crippen molar-refractivity contribution in [2.75, 3.05) is 0 Å². The van der Waals surface area contributed by atoms with E-state index in [1.54, 1.807) is 0 Å². The Labute approximate surface area is 106 Å². The van der Waals surface area contributed by atoms with Gasteiger partial charge in [0.15, 0.2) is 0 Å². The van der Waals surface area contributed by atoms with Gasteiger partial charge in [0.2, 0.25) is 6.41 Å². The maximum atomic E-state index is 10.1. The Morgan fingerprint density at radius 3 is 2.61 bits per heavy atom. The highest BCUT2D eigenvalue weighted by molar-refractivity contribution is 5.75. The summed E-state index contributed by atoms with van der Waals surface area (Å²) < 4.78 is 7.00. The number of hydrogen-bond acceptors (Lipinski definition) is 4. The average molecular weight is 250 g/mol. The molecule has 0 spiro atoms. The molecule has 1 heterocycles. The van der Waals surface area contributed by atoms with Crippen LogP contribution in [0, 0.1) is 0 Å². The molecule has 0 amide bonds. The second-order valence-electron chi connectivity index (χ2n) is 5.10. The topological polar surface area (TPSA) is 67.5 Å². The zero-order valence-corrected chi connectivity index (χ0v) is 10.8. The van der Waals surface area contributed by atoms with Gasteiger partial charge in [0.1, 0.15) is 12.4 Å². The lowest BCUT2D eigenvalue weighted by Gasteiger charge is -2.25. The molecular formula is C13H18N2O3. The molecule has 0 aliphatic carbocycles. The van der Waals surface area contributed by atoms with Crippen molar-refractivity contribution in [1.29, 1.82) is 0 Å². The van der Waals surface area contributed by atoms with Crippen LogP contribution >= 0.6 is 0 Å². The molecule has 1 aromatic heterocycles. The van der Waals surface area contributed by atoms with Crippen molar-refractivity contribution in [1.82, 2.24) is 9.55 Å². The number of aromatic nitrogens is 2. The second kappa shape index (κ2) is 4.68. The zero-order chi connectivity index (χ0) is 13.3. The molecule has 98 valence electrons. The number of aliphatic hydroxyl groups excluding tert-OH is 2. The number of rotatable bonds is 3. The first-order valence-corrected chi connectivity index (χ1v) is 5.85. The largest absolute Gasteiger partial charge is 0.388 e. The lowest BCUT2D eigenvalue weighted by atomic mass is 10.2. The molecule has 1 unspecified atom stereocenters. The van der Waals surface area contributed by atoms with E-state index < -0.39 is 12.0 Å². The fourth-order valence-electron chi connectivity index (χ4n) is 1.82. The van der Waals surface area contributed by atoms with Crippen molar-refractivity contribution in [3.05, 3.63) is 30.1 Å². The number of aliphatic hydroxyl groups is 2. The standard InChI is InChI=1S/C13H18N2O3/c1-13(2,3)18-12(17)15-10-7-5-4-6-9(10)14-11(15)8-16/h4-7,12,16-17H,8H2,1-3H3. The van der Waals surface area contributed by atoms with Crippen LogP contribution in [0.1, 0.15) is 33.0 Å². The molecule has 0 aliphatic rings. The summed E-state index contributed by atoms with van der Waals surface area (Å²) in [6.45, 7) is 5.31. The van der Waals surface area contributed by atoms with Gasteiger partial charge < -0.3 is 14.9 Å². The van der Waals surface area contributed by atoms with E-state index in [1.807, 2.05) is 45.0 Å². The summed E-state index contributed by atoms with van der Waals surface area (Å²) in [6.07, 6.45) is -1.17. The normalized spacial score (nSPS) is 14.1. The lowest BCUT2D eigenvalue weighted by molar-refractivity contribution is -0.209. The SMILES string of the molecule is CC(C)(C)OC(O)n1c(CO)nc2ccccc21. The van der Waals surface area contributed by atoms with Gasteiger partial charge in [0.25, 0.3) is 0 Å². The van der Waals surface area contributed by atoms with Gasteiger partial charge in [-0.05, 0) is 32.9 Å². The summed E-state index contributed by atoms with van der Waals surface area (Å²) in [7, 11) is 0. The van der Waals surface area contributed by atoms with E-state index in [-0.39, 0.29) is 6.61 Å². The number of nitrogens with zero attached hydrogens (tertiary/aromatic N) is 2. The van der Waals surface area contributed by atoms with Crippen molar-refractivity contribution in [2.45, 2.75) is 39.4 Å². The molecule has 1 aromatic carbocycles. The Morgan fingerprint density at radius 1 is 1.33 bits per heavy atom. The van der Waals surface area contributed by atoms with Crippen LogP contribution in [0.4, 0.5) is 0 Å². The minimum atomic E-state index is -1.17. The lowest BCUT2D eigenvalue weighted by Crippen LogP contribution is -2.26. The van der Waals surface area contributed by atoms with Crippen LogP contribution in [-0.4, -0.2) is 25.4 Å². The third-order valence-corrected chi connectivity index (χ3v) is 2.49. The van der Waals surface area contributed by atoms with Crippen molar-refractivity contribution in [3.63, 3.8) is 0 Å². The smallest absolute Gasteiger partial charge is 0.243 e. The number of ether oxygens (including phenoxy) is 1. The van der Waals surface area contributed by atoms with Crippen LogP contribution < -0.4 is 0 Å². The first-order valence-electron chi connectivity index (χ1n) is 5.85. The monoisotopic (exact) mass is 250 g/mol. The fourth-order valence-corrected chi connectivity index (χ4v) is 1.82. The first kappa shape index (κ1) is 13.0. The molecule has 0 aliphatic heterocycles. The van der Waals surface area contributed by atoms with Crippen LogP contribution in [0.3, 0.4) is 0 Å². The second-order valence-corrected chi connectivity index (χ2v) is 5.10. The van der Waals surface area contributed by atoms with E-state index in [2.05, 4.69) is 4.98 Å². The van der Waals surface area contributed by atoms with Crippen molar-refractivity contribution >= 4 is 11.0 Å². The Kier molecular flexibility index (Phi) is 3.38. The molecule has 0 fully saturated rings. The molecule has 0 bridgehead atoms. The number of benzene rings is 1. The minimum absolute atomic E-state index is 0.251. The van der Waals surface area contributed by atoms with Crippen LogP contribution in [-0.2, 0) is 11.3 Å². The van der Waals surface area contributed by atoms with Crippen LogP contribution in [0.25, 0.3) is 11.0 Å². The van der Waals surface area contributed by atoms with Gasteiger partial charge in [0, 0.05) is 0 Å². The van der Waals surface area contributed by atoms with Gasteiger partial charge in [0.05, 0.1) is 16.6 Å². The van der Waals surface area contributed by atoms with Crippen LogP contribution in [0.5, 0.6) is 0 Å². The van der Waals surface area contributed by atoms with Gasteiger partial charge >= 0.3 is 0 Å². The van der Waals surface area contributed by atoms with E-state index in [4.69, 9.17) is 4.74 Å². The van der Waals surface area contributed by atoms with E-state index in [1.165, 1.54) is 4.57 Å². The third kappa shape index (κ3) is 2.53. The minimum Gasteiger partial charge on any atom is -0.388 e. The average Bonchev–Trinajstić information content (AvgIpc) is 2.64. The highest BCUT2D eigenvalue weighted by Gasteiger charge is 2.22. The van der Waals surface area contributed by atoms with Crippen molar-refractivity contribution in [2.24, 2.45) is 0 Å². The summed E-state index contributed by atoms with van der Waals surface area (Å²) in [5.41, 5.74) is 0.966. The number of fused-ring (bicyclic) bond motifs is 1. The van der Waals surface area contributed by atoms with Gasteiger partial charge in [-0.15, -0.1) is 0 Å².